The van der Waals surface area contributed by atoms with Gasteiger partial charge in [-0.1, -0.05) is 31.2 Å². The van der Waals surface area contributed by atoms with E-state index in [1.807, 2.05) is 0 Å². The fraction of sp³-hybridized carbons (Fsp3) is 0.333. The summed E-state index contributed by atoms with van der Waals surface area (Å²) in [5.41, 5.74) is -3.89. The summed E-state index contributed by atoms with van der Waals surface area (Å²) in [6.07, 6.45) is -1.28. The summed E-state index contributed by atoms with van der Waals surface area (Å²) in [7, 11) is -3.91. The number of hydrogen-bond donors (Lipinski definition) is 2. The minimum absolute atomic E-state index is 0.244. The minimum Gasteiger partial charge on any atom is -0.481 e. The molecule has 0 radical (unpaired) electrons. The Morgan fingerprint density at radius 2 is 1.82 bits per heavy atom. The van der Waals surface area contributed by atoms with Gasteiger partial charge in [-0.3, -0.25) is 4.79 Å². The molecule has 0 saturated carbocycles. The lowest BCUT2D eigenvalue weighted by Crippen LogP contribution is -2.41. The quantitative estimate of drug-likeness (QED) is 0.761. The highest BCUT2D eigenvalue weighted by Crippen LogP contribution is 2.44. The number of rotatable bonds is 5. The molecule has 0 bridgehead atoms. The van der Waals surface area contributed by atoms with Crippen LogP contribution in [0.3, 0.4) is 0 Å². The Labute approximate surface area is 158 Å². The normalized spacial score (nSPS) is 22.6. The van der Waals surface area contributed by atoms with E-state index in [2.05, 4.69) is 0 Å². The summed E-state index contributed by atoms with van der Waals surface area (Å²) in [4.78, 5) is 22.8. The third kappa shape index (κ3) is 3.96. The zero-order valence-corrected chi connectivity index (χ0v) is 15.6. The number of halogens is 3. The van der Waals surface area contributed by atoms with Crippen molar-refractivity contribution in [2.24, 2.45) is 11.3 Å². The van der Waals surface area contributed by atoms with E-state index in [9.17, 15) is 41.4 Å². The average molecular weight is 418 g/mol. The van der Waals surface area contributed by atoms with Gasteiger partial charge in [0.05, 0.1) is 15.9 Å². The third-order valence-electron chi connectivity index (χ3n) is 4.85. The predicted molar refractivity (Wildman–Crippen MR) is 92.3 cm³/mol. The van der Waals surface area contributed by atoms with E-state index < -0.39 is 61.7 Å². The molecular formula is C18H17F3O6S. The molecule has 1 aromatic carbocycles. The van der Waals surface area contributed by atoms with Crippen LogP contribution in [0.2, 0.25) is 0 Å². The molecule has 2 rings (SSSR count). The Balaban J connectivity index is 2.65. The SMILES string of the molecule is CC1C(C(=O)O)=CC=CC1(Cc1ccc(S(C)(=O)=O)cc1C(F)(F)F)C(=O)O. The first-order valence-corrected chi connectivity index (χ1v) is 9.85. The molecule has 0 amide bonds. The van der Waals surface area contributed by atoms with Crippen LogP contribution in [0.15, 0.2) is 46.9 Å². The fourth-order valence-electron chi connectivity index (χ4n) is 3.21. The molecule has 0 saturated heterocycles. The molecule has 2 atom stereocenters. The van der Waals surface area contributed by atoms with Gasteiger partial charge in [0.1, 0.15) is 0 Å². The van der Waals surface area contributed by atoms with E-state index in [4.69, 9.17) is 0 Å². The first-order chi connectivity index (χ1) is 12.7. The van der Waals surface area contributed by atoms with E-state index in [1.54, 1.807) is 0 Å². The predicted octanol–water partition coefficient (Wildman–Crippen LogP) is 2.94. The Kier molecular flexibility index (Phi) is 5.48. The van der Waals surface area contributed by atoms with E-state index in [1.165, 1.54) is 19.1 Å². The number of allylic oxidation sites excluding steroid dienone is 2. The number of carboxylic acids is 2. The summed E-state index contributed by atoms with van der Waals surface area (Å²) in [6.45, 7) is 1.32. The largest absolute Gasteiger partial charge is 0.481 e. The molecule has 10 heteroatoms. The van der Waals surface area contributed by atoms with Crippen molar-refractivity contribution < 1.29 is 41.4 Å². The standard InChI is InChI=1S/C18H17F3O6S/c1-10-13(15(22)23)4-3-7-17(10,16(24)25)9-11-5-6-12(28(2,26)27)8-14(11)18(19,20)21/h3-8,10H,9H2,1-2H3,(H,22,23)(H,24,25). The molecule has 28 heavy (non-hydrogen) atoms. The van der Waals surface area contributed by atoms with Crippen LogP contribution >= 0.6 is 0 Å². The monoisotopic (exact) mass is 418 g/mol. The second-order valence-electron chi connectivity index (χ2n) is 6.62. The van der Waals surface area contributed by atoms with Gasteiger partial charge in [0.25, 0.3) is 0 Å². The van der Waals surface area contributed by atoms with E-state index in [-0.39, 0.29) is 5.57 Å². The van der Waals surface area contributed by atoms with Crippen LogP contribution in [-0.2, 0) is 32.0 Å². The number of alkyl halides is 3. The smallest absolute Gasteiger partial charge is 0.416 e. The van der Waals surface area contributed by atoms with Crippen LogP contribution in [0.25, 0.3) is 0 Å². The Morgan fingerprint density at radius 3 is 2.29 bits per heavy atom. The van der Waals surface area contributed by atoms with Crippen molar-refractivity contribution in [3.8, 4) is 0 Å². The summed E-state index contributed by atoms with van der Waals surface area (Å²) < 4.78 is 63.8. The molecule has 6 nitrogen and oxygen atoms in total. The van der Waals surface area contributed by atoms with Crippen molar-refractivity contribution in [3.63, 3.8) is 0 Å². The molecule has 1 aromatic rings. The van der Waals surface area contributed by atoms with Crippen molar-refractivity contribution in [2.45, 2.75) is 24.4 Å². The van der Waals surface area contributed by atoms with Crippen molar-refractivity contribution in [2.75, 3.05) is 6.26 Å². The molecule has 1 aliphatic rings. The van der Waals surface area contributed by atoms with Crippen LogP contribution in [0.1, 0.15) is 18.1 Å². The summed E-state index contributed by atoms with van der Waals surface area (Å²) in [5.74, 6) is -3.97. The van der Waals surface area contributed by atoms with E-state index in [0.29, 0.717) is 6.07 Å². The molecule has 2 N–H and O–H groups in total. The first-order valence-electron chi connectivity index (χ1n) is 7.96. The molecule has 1 aliphatic carbocycles. The Hall–Kier alpha value is -2.62. The zero-order valence-electron chi connectivity index (χ0n) is 14.8. The van der Waals surface area contributed by atoms with Gasteiger partial charge < -0.3 is 10.2 Å². The zero-order chi connectivity index (χ0) is 21.5. The molecule has 0 fully saturated rings. The van der Waals surface area contributed by atoms with Gasteiger partial charge in [0, 0.05) is 17.7 Å². The van der Waals surface area contributed by atoms with Crippen molar-refractivity contribution in [1.29, 1.82) is 0 Å². The lowest BCUT2D eigenvalue weighted by Gasteiger charge is -2.35. The molecule has 0 spiro atoms. The number of sulfone groups is 1. The number of hydrogen-bond acceptors (Lipinski definition) is 4. The molecule has 0 aromatic heterocycles. The number of benzene rings is 1. The van der Waals surface area contributed by atoms with Gasteiger partial charge in [0.15, 0.2) is 9.84 Å². The number of carbonyl (C=O) groups is 2. The molecule has 152 valence electrons. The van der Waals surface area contributed by atoms with Crippen LogP contribution in [0.5, 0.6) is 0 Å². The molecule has 0 heterocycles. The molecular weight excluding hydrogens is 401 g/mol. The number of carboxylic acid groups (broad SMARTS) is 2. The van der Waals surface area contributed by atoms with Gasteiger partial charge in [-0.05, 0) is 24.1 Å². The van der Waals surface area contributed by atoms with E-state index in [0.717, 1.165) is 24.5 Å². The minimum atomic E-state index is -4.93. The van der Waals surface area contributed by atoms with Crippen LogP contribution in [0, 0.1) is 11.3 Å². The number of aliphatic carboxylic acids is 2. The topological polar surface area (TPSA) is 109 Å². The summed E-state index contributed by atoms with van der Waals surface area (Å²) in [5, 5.41) is 19.0. The fourth-order valence-corrected chi connectivity index (χ4v) is 3.86. The van der Waals surface area contributed by atoms with Gasteiger partial charge >= 0.3 is 18.1 Å². The van der Waals surface area contributed by atoms with Crippen molar-refractivity contribution in [3.05, 3.63) is 53.1 Å². The molecule has 2 unspecified atom stereocenters. The highest BCUT2D eigenvalue weighted by atomic mass is 32.2. The average Bonchev–Trinajstić information content (AvgIpc) is 2.54. The maximum absolute atomic E-state index is 13.5. The first kappa shape index (κ1) is 21.7. The highest BCUT2D eigenvalue weighted by Gasteiger charge is 2.47. The van der Waals surface area contributed by atoms with Gasteiger partial charge in [-0.2, -0.15) is 13.2 Å². The van der Waals surface area contributed by atoms with Gasteiger partial charge in [0.2, 0.25) is 0 Å². The third-order valence-corrected chi connectivity index (χ3v) is 5.96. The summed E-state index contributed by atoms with van der Waals surface area (Å²) >= 11 is 0. The maximum Gasteiger partial charge on any atom is 0.416 e. The lowest BCUT2D eigenvalue weighted by molar-refractivity contribution is -0.149. The van der Waals surface area contributed by atoms with Crippen LogP contribution < -0.4 is 0 Å². The Morgan fingerprint density at radius 1 is 1.21 bits per heavy atom. The van der Waals surface area contributed by atoms with Gasteiger partial charge in [-0.15, -0.1) is 0 Å². The lowest BCUT2D eigenvalue weighted by atomic mass is 9.66. The summed E-state index contributed by atoms with van der Waals surface area (Å²) in [6, 6.07) is 2.36. The second-order valence-corrected chi connectivity index (χ2v) is 8.63. The maximum atomic E-state index is 13.5. The van der Waals surface area contributed by atoms with Crippen LogP contribution in [0.4, 0.5) is 13.2 Å². The second kappa shape index (κ2) is 7.08. The Bertz CT molecular complexity index is 991. The van der Waals surface area contributed by atoms with E-state index >= 15 is 0 Å². The van der Waals surface area contributed by atoms with Crippen LogP contribution in [-0.4, -0.2) is 36.8 Å². The highest BCUT2D eigenvalue weighted by molar-refractivity contribution is 7.90. The van der Waals surface area contributed by atoms with Gasteiger partial charge in [-0.25, -0.2) is 13.2 Å². The van der Waals surface area contributed by atoms with Crippen molar-refractivity contribution in [1.82, 2.24) is 0 Å². The molecule has 0 aliphatic heterocycles. The van der Waals surface area contributed by atoms with Crippen molar-refractivity contribution >= 4 is 21.8 Å².